The third-order valence-corrected chi connectivity index (χ3v) is 4.65. The number of benzene rings is 1. The molecule has 2 N–H and O–H groups in total. The Morgan fingerprint density at radius 1 is 1.33 bits per heavy atom. The molecule has 0 radical (unpaired) electrons. The summed E-state index contributed by atoms with van der Waals surface area (Å²) in [7, 11) is 0. The minimum atomic E-state index is 0. The topological polar surface area (TPSA) is 59.6 Å². The van der Waals surface area contributed by atoms with Gasteiger partial charge >= 0.3 is 0 Å². The Morgan fingerprint density at radius 2 is 2.12 bits per heavy atom. The first-order valence-electron chi connectivity index (χ1n) is 8.66. The Labute approximate surface area is 149 Å². The molecule has 2 aliphatic heterocycles. The van der Waals surface area contributed by atoms with Crippen molar-refractivity contribution in [1.82, 2.24) is 10.6 Å². The third-order valence-electron chi connectivity index (χ3n) is 4.65. The Morgan fingerprint density at radius 3 is 2.83 bits per heavy atom. The summed E-state index contributed by atoms with van der Waals surface area (Å²) in [4.78, 5) is 12.2. The molecule has 0 aliphatic carbocycles. The average Bonchev–Trinajstić information content (AvgIpc) is 3.11. The SMILES string of the molecule is CCC(NC(=O)CCC1CCNC1)c1ccc2c(c1)OCCO2.Cl. The number of amides is 1. The van der Waals surface area contributed by atoms with Crippen LogP contribution in [0.15, 0.2) is 18.2 Å². The molecule has 0 saturated carbocycles. The van der Waals surface area contributed by atoms with Crippen molar-refractivity contribution in [2.24, 2.45) is 5.92 Å². The van der Waals surface area contributed by atoms with Gasteiger partial charge in [-0.25, -0.2) is 0 Å². The van der Waals surface area contributed by atoms with Crippen LogP contribution in [0.5, 0.6) is 11.5 Å². The van der Waals surface area contributed by atoms with Gasteiger partial charge in [0.25, 0.3) is 0 Å². The molecule has 1 aromatic carbocycles. The van der Waals surface area contributed by atoms with Crippen LogP contribution in [0, 0.1) is 5.92 Å². The van der Waals surface area contributed by atoms with E-state index in [1.54, 1.807) is 0 Å². The summed E-state index contributed by atoms with van der Waals surface area (Å²) in [6, 6.07) is 5.97. The Hall–Kier alpha value is -1.46. The predicted octanol–water partition coefficient (Wildman–Crippen LogP) is 2.84. The standard InChI is InChI=1S/C18H26N2O3.ClH/c1-2-15(20-18(21)6-3-13-7-8-19-12-13)14-4-5-16-17(11-14)23-10-9-22-16;/h4-5,11,13,15,19H,2-3,6-10,12H2,1H3,(H,20,21);1H. The van der Waals surface area contributed by atoms with E-state index < -0.39 is 0 Å². The minimum absolute atomic E-state index is 0. The van der Waals surface area contributed by atoms with Gasteiger partial charge in [0, 0.05) is 6.42 Å². The number of halogens is 1. The molecule has 3 rings (SSSR count). The molecular weight excluding hydrogens is 328 g/mol. The van der Waals surface area contributed by atoms with Gasteiger partial charge in [0.2, 0.25) is 5.91 Å². The van der Waals surface area contributed by atoms with Gasteiger partial charge in [0.05, 0.1) is 6.04 Å². The fourth-order valence-electron chi connectivity index (χ4n) is 3.26. The lowest BCUT2D eigenvalue weighted by Gasteiger charge is -2.22. The van der Waals surface area contributed by atoms with Crippen molar-refractivity contribution in [3.05, 3.63) is 23.8 Å². The van der Waals surface area contributed by atoms with E-state index in [1.165, 1.54) is 6.42 Å². The Kier molecular flexibility index (Phi) is 7.18. The van der Waals surface area contributed by atoms with Crippen molar-refractivity contribution < 1.29 is 14.3 Å². The lowest BCUT2D eigenvalue weighted by Crippen LogP contribution is -2.28. The van der Waals surface area contributed by atoms with Gasteiger partial charge in [-0.05, 0) is 56.0 Å². The first kappa shape index (κ1) is 18.9. The van der Waals surface area contributed by atoms with Crippen molar-refractivity contribution >= 4 is 18.3 Å². The maximum atomic E-state index is 12.2. The summed E-state index contributed by atoms with van der Waals surface area (Å²) in [6.45, 7) is 5.39. The van der Waals surface area contributed by atoms with Gasteiger partial charge in [-0.2, -0.15) is 0 Å². The van der Waals surface area contributed by atoms with E-state index >= 15 is 0 Å². The molecule has 0 aromatic heterocycles. The van der Waals surface area contributed by atoms with Gasteiger partial charge < -0.3 is 20.1 Å². The van der Waals surface area contributed by atoms with Crippen LogP contribution in [0.3, 0.4) is 0 Å². The first-order valence-corrected chi connectivity index (χ1v) is 8.66. The highest BCUT2D eigenvalue weighted by Gasteiger charge is 2.19. The Bertz CT molecular complexity index is 547. The molecule has 134 valence electrons. The molecule has 0 spiro atoms. The predicted molar refractivity (Wildman–Crippen MR) is 96.1 cm³/mol. The number of ether oxygens (including phenoxy) is 2. The summed E-state index contributed by atoms with van der Waals surface area (Å²) >= 11 is 0. The molecule has 1 aromatic rings. The second-order valence-electron chi connectivity index (χ2n) is 6.33. The summed E-state index contributed by atoms with van der Waals surface area (Å²) in [6.07, 6.45) is 3.62. The number of fused-ring (bicyclic) bond motifs is 1. The number of hydrogen-bond acceptors (Lipinski definition) is 4. The molecule has 1 amide bonds. The largest absolute Gasteiger partial charge is 0.486 e. The highest BCUT2D eigenvalue weighted by Crippen LogP contribution is 2.33. The maximum absolute atomic E-state index is 12.2. The van der Waals surface area contributed by atoms with Crippen LogP contribution in [0.2, 0.25) is 0 Å². The van der Waals surface area contributed by atoms with E-state index in [9.17, 15) is 4.79 Å². The second kappa shape index (κ2) is 9.14. The number of carbonyl (C=O) groups is 1. The maximum Gasteiger partial charge on any atom is 0.220 e. The molecule has 0 bridgehead atoms. The average molecular weight is 355 g/mol. The van der Waals surface area contributed by atoms with E-state index in [2.05, 4.69) is 17.6 Å². The molecule has 2 atom stereocenters. The number of rotatable bonds is 6. The van der Waals surface area contributed by atoms with Crippen LogP contribution in [-0.4, -0.2) is 32.2 Å². The van der Waals surface area contributed by atoms with Crippen molar-refractivity contribution in [3.8, 4) is 11.5 Å². The minimum Gasteiger partial charge on any atom is -0.486 e. The lowest BCUT2D eigenvalue weighted by molar-refractivity contribution is -0.122. The molecule has 1 saturated heterocycles. The molecular formula is C18H27ClN2O3. The van der Waals surface area contributed by atoms with E-state index in [4.69, 9.17) is 9.47 Å². The molecule has 6 heteroatoms. The molecule has 2 aliphatic rings. The monoisotopic (exact) mass is 354 g/mol. The van der Waals surface area contributed by atoms with Crippen molar-refractivity contribution in [2.45, 2.75) is 38.6 Å². The first-order chi connectivity index (χ1) is 11.3. The summed E-state index contributed by atoms with van der Waals surface area (Å²) in [5.74, 6) is 2.35. The zero-order valence-electron chi connectivity index (χ0n) is 14.2. The van der Waals surface area contributed by atoms with E-state index in [0.29, 0.717) is 25.6 Å². The lowest BCUT2D eigenvalue weighted by atomic mass is 10.0. The normalized spacial score (nSPS) is 20.1. The molecule has 2 heterocycles. The van der Waals surface area contributed by atoms with Gasteiger partial charge in [0.15, 0.2) is 11.5 Å². The molecule has 24 heavy (non-hydrogen) atoms. The van der Waals surface area contributed by atoms with Crippen LogP contribution < -0.4 is 20.1 Å². The summed E-state index contributed by atoms with van der Waals surface area (Å²) in [5.41, 5.74) is 1.08. The van der Waals surface area contributed by atoms with Gasteiger partial charge in [-0.1, -0.05) is 13.0 Å². The van der Waals surface area contributed by atoms with E-state index in [-0.39, 0.29) is 24.4 Å². The molecule has 5 nitrogen and oxygen atoms in total. The highest BCUT2D eigenvalue weighted by atomic mass is 35.5. The summed E-state index contributed by atoms with van der Waals surface area (Å²) in [5, 5.41) is 6.50. The molecule has 1 fully saturated rings. The van der Waals surface area contributed by atoms with Crippen LogP contribution in [0.25, 0.3) is 0 Å². The van der Waals surface area contributed by atoms with Crippen LogP contribution in [-0.2, 0) is 4.79 Å². The van der Waals surface area contributed by atoms with Crippen molar-refractivity contribution in [1.29, 1.82) is 0 Å². The van der Waals surface area contributed by atoms with E-state index in [1.807, 2.05) is 18.2 Å². The zero-order chi connectivity index (χ0) is 16.1. The van der Waals surface area contributed by atoms with Gasteiger partial charge in [-0.3, -0.25) is 4.79 Å². The van der Waals surface area contributed by atoms with Gasteiger partial charge in [0.1, 0.15) is 13.2 Å². The number of carbonyl (C=O) groups excluding carboxylic acids is 1. The van der Waals surface area contributed by atoms with Crippen LogP contribution in [0.4, 0.5) is 0 Å². The third kappa shape index (κ3) is 4.77. The fourth-order valence-corrected chi connectivity index (χ4v) is 3.26. The smallest absolute Gasteiger partial charge is 0.220 e. The molecule has 2 unspecified atom stereocenters. The zero-order valence-corrected chi connectivity index (χ0v) is 15.0. The summed E-state index contributed by atoms with van der Waals surface area (Å²) < 4.78 is 11.2. The quantitative estimate of drug-likeness (QED) is 0.824. The van der Waals surface area contributed by atoms with Crippen molar-refractivity contribution in [3.63, 3.8) is 0 Å². The number of nitrogens with one attached hydrogen (secondary N) is 2. The van der Waals surface area contributed by atoms with E-state index in [0.717, 1.165) is 43.0 Å². The highest BCUT2D eigenvalue weighted by molar-refractivity contribution is 5.85. The number of hydrogen-bond donors (Lipinski definition) is 2. The van der Waals surface area contributed by atoms with Gasteiger partial charge in [-0.15, -0.1) is 12.4 Å². The Balaban J connectivity index is 0.00000208. The van der Waals surface area contributed by atoms with Crippen molar-refractivity contribution in [2.75, 3.05) is 26.3 Å². The fraction of sp³-hybridized carbons (Fsp3) is 0.611. The van der Waals surface area contributed by atoms with Crippen LogP contribution in [0.1, 0.15) is 44.2 Å². The van der Waals surface area contributed by atoms with Crippen LogP contribution >= 0.6 is 12.4 Å². The second-order valence-corrected chi connectivity index (χ2v) is 6.33.